The van der Waals surface area contributed by atoms with Crippen LogP contribution in [0.3, 0.4) is 0 Å². The average Bonchev–Trinajstić information content (AvgIpc) is 2.43. The number of unbranched alkanes of at least 4 members (excludes halogenated alkanes) is 9. The Labute approximate surface area is 137 Å². The van der Waals surface area contributed by atoms with Crippen LogP contribution in [0.4, 0.5) is 0 Å². The van der Waals surface area contributed by atoms with Crippen molar-refractivity contribution < 1.29 is 26.9 Å². The Morgan fingerprint density at radius 2 is 0.750 bits per heavy atom. The predicted octanol–water partition coefficient (Wildman–Crippen LogP) is 7.42. The molecule has 0 unspecified atom stereocenters. The fraction of sp³-hybridized carbons (Fsp3) is 1.00. The van der Waals surface area contributed by atoms with Gasteiger partial charge >= 0.3 is 132 Å². The van der Waals surface area contributed by atoms with E-state index >= 15 is 0 Å². The topological polar surface area (TPSA) is 30.0 Å². The maximum atomic E-state index is 2.33. The molecule has 0 aromatic heterocycles. The molecule has 1 N–H and O–H groups in total. The van der Waals surface area contributed by atoms with Crippen LogP contribution in [0.5, 0.6) is 0 Å². The van der Waals surface area contributed by atoms with E-state index in [1.54, 1.807) is 31.8 Å². The summed E-state index contributed by atoms with van der Waals surface area (Å²) in [7, 11) is 0. The number of hydrogen-bond donors (Lipinski definition) is 0. The van der Waals surface area contributed by atoms with E-state index in [0.29, 0.717) is 0 Å². The molecule has 0 rings (SSSR count). The van der Waals surface area contributed by atoms with Crippen molar-refractivity contribution in [3.63, 3.8) is 0 Å². The van der Waals surface area contributed by atoms with Crippen LogP contribution >= 0.6 is 0 Å². The van der Waals surface area contributed by atoms with E-state index < -0.39 is 21.4 Å². The van der Waals surface area contributed by atoms with Gasteiger partial charge in [-0.1, -0.05) is 0 Å². The summed E-state index contributed by atoms with van der Waals surface area (Å²) >= 11 is -1.11. The summed E-state index contributed by atoms with van der Waals surface area (Å²) in [5.41, 5.74) is 0. The molecule has 0 aromatic carbocycles. The van der Waals surface area contributed by atoms with Gasteiger partial charge in [0.1, 0.15) is 0 Å². The van der Waals surface area contributed by atoms with E-state index in [0.717, 1.165) is 0 Å². The third-order valence-corrected chi connectivity index (χ3v) is 15.6. The van der Waals surface area contributed by atoms with Gasteiger partial charge in [-0.2, -0.15) is 0 Å². The molecule has 0 saturated heterocycles. The number of rotatable bonds is 15. The summed E-state index contributed by atoms with van der Waals surface area (Å²) in [4.78, 5) is 0. The van der Waals surface area contributed by atoms with Gasteiger partial charge in [0.25, 0.3) is 0 Å². The van der Waals surface area contributed by atoms with Crippen LogP contribution < -0.4 is 0 Å². The van der Waals surface area contributed by atoms with Crippen molar-refractivity contribution in [3.05, 3.63) is 0 Å². The zero-order chi connectivity index (χ0) is 14.2. The van der Waals surface area contributed by atoms with Gasteiger partial charge in [-0.3, -0.25) is 0 Å². The first-order chi connectivity index (χ1) is 9.35. The van der Waals surface area contributed by atoms with Crippen LogP contribution in [0.2, 0.25) is 12.5 Å². The van der Waals surface area contributed by atoms with Crippen LogP contribution in [-0.2, 0) is 21.4 Å². The van der Waals surface area contributed by atoms with Crippen LogP contribution in [-0.4, -0.2) is 5.48 Å². The molecule has 122 valence electrons. The first-order valence-corrected chi connectivity index (χ1v) is 16.8. The molecule has 0 spiro atoms. The van der Waals surface area contributed by atoms with Gasteiger partial charge < -0.3 is 5.48 Å². The van der Waals surface area contributed by atoms with Crippen molar-refractivity contribution >= 4 is 0 Å². The molecular formula is C18H40HfO. The zero-order valence-corrected chi connectivity index (χ0v) is 18.1. The Bertz CT molecular complexity index is 133. The molecule has 0 atom stereocenters. The summed E-state index contributed by atoms with van der Waals surface area (Å²) in [6.45, 7) is 6.99. The van der Waals surface area contributed by atoms with Gasteiger partial charge in [-0.25, -0.2) is 0 Å². The second-order valence-electron chi connectivity index (χ2n) is 6.18. The molecule has 0 aliphatic carbocycles. The van der Waals surface area contributed by atoms with Gasteiger partial charge in [0.2, 0.25) is 0 Å². The Hall–Kier alpha value is 0.830. The molecule has 0 aromatic rings. The summed E-state index contributed by atoms with van der Waals surface area (Å²) < 4.78 is 5.18. The van der Waals surface area contributed by atoms with Crippen molar-refractivity contribution in [3.8, 4) is 0 Å². The van der Waals surface area contributed by atoms with E-state index in [-0.39, 0.29) is 5.48 Å². The molecule has 0 radical (unpaired) electrons. The van der Waals surface area contributed by atoms with Crippen molar-refractivity contribution in [2.24, 2.45) is 0 Å². The zero-order valence-electron chi connectivity index (χ0n) is 14.6. The van der Waals surface area contributed by atoms with Gasteiger partial charge in [-0.05, 0) is 0 Å². The third kappa shape index (κ3) is 16.9. The van der Waals surface area contributed by atoms with E-state index in [1.807, 2.05) is 0 Å². The van der Waals surface area contributed by atoms with E-state index in [4.69, 9.17) is 0 Å². The molecular weight excluding hydrogens is 411 g/mol. The molecule has 20 heavy (non-hydrogen) atoms. The second-order valence-corrected chi connectivity index (χ2v) is 17.0. The Balaban J connectivity index is 0. The molecule has 0 amide bonds. The second kappa shape index (κ2) is 19.8. The van der Waals surface area contributed by atoms with Crippen molar-refractivity contribution in [2.45, 2.75) is 110 Å². The maximum Gasteiger partial charge on any atom is -0.870 e. The molecule has 2 heteroatoms. The average molecular weight is 451 g/mol. The standard InChI is InChI=1S/3C6H13.Hf.H2O/c3*1-3-5-6-4-2;;/h3*1,3-6H2,2H3;;1H2/q;;;+1;/p-1. The molecule has 0 aliphatic rings. The molecule has 0 bridgehead atoms. The summed E-state index contributed by atoms with van der Waals surface area (Å²) in [5, 5.41) is 0. The van der Waals surface area contributed by atoms with Gasteiger partial charge in [0.15, 0.2) is 0 Å². The Kier molecular flexibility index (Phi) is 22.9. The van der Waals surface area contributed by atoms with Crippen LogP contribution in [0.15, 0.2) is 0 Å². The molecule has 0 fully saturated rings. The van der Waals surface area contributed by atoms with Crippen LogP contribution in [0.1, 0.15) is 97.8 Å². The SMILES string of the molecule is CCCCC[CH2][Hf+]([CH2]CCCCC)[CH2]CCCCC.[OH-]. The quantitative estimate of drug-likeness (QED) is 0.188. The monoisotopic (exact) mass is 452 g/mol. The predicted molar refractivity (Wildman–Crippen MR) is 88.8 cm³/mol. The third-order valence-electron chi connectivity index (χ3n) is 4.15. The fourth-order valence-electron chi connectivity index (χ4n) is 2.78. The van der Waals surface area contributed by atoms with Crippen molar-refractivity contribution in [1.29, 1.82) is 0 Å². The van der Waals surface area contributed by atoms with Crippen molar-refractivity contribution in [1.82, 2.24) is 0 Å². The normalized spacial score (nSPS) is 10.3. The van der Waals surface area contributed by atoms with Crippen LogP contribution in [0, 0.1) is 0 Å². The summed E-state index contributed by atoms with van der Waals surface area (Å²) in [5.74, 6) is 0. The van der Waals surface area contributed by atoms with E-state index in [9.17, 15) is 0 Å². The largest absolute Gasteiger partial charge is 0.870 e. The molecule has 1 nitrogen and oxygen atoms in total. The van der Waals surface area contributed by atoms with Gasteiger partial charge in [0, 0.05) is 0 Å². The fourth-order valence-corrected chi connectivity index (χ4v) is 13.6. The maximum absolute atomic E-state index is 2.33. The first-order valence-electron chi connectivity index (χ1n) is 9.18. The summed E-state index contributed by atoms with van der Waals surface area (Å²) in [6.07, 6.45) is 17.9. The molecule has 0 saturated carbocycles. The van der Waals surface area contributed by atoms with E-state index in [2.05, 4.69) is 20.8 Å². The molecule has 0 aliphatic heterocycles. The van der Waals surface area contributed by atoms with Crippen LogP contribution in [0.25, 0.3) is 0 Å². The summed E-state index contributed by atoms with van der Waals surface area (Å²) in [6, 6.07) is 0. The molecule has 0 heterocycles. The first kappa shape index (κ1) is 23.1. The number of hydrogen-bond acceptors (Lipinski definition) is 1. The van der Waals surface area contributed by atoms with Gasteiger partial charge in [-0.15, -0.1) is 0 Å². The van der Waals surface area contributed by atoms with Gasteiger partial charge in [0.05, 0.1) is 0 Å². The van der Waals surface area contributed by atoms with E-state index in [1.165, 1.54) is 57.8 Å². The Morgan fingerprint density at radius 1 is 0.450 bits per heavy atom. The smallest absolute Gasteiger partial charge is 0.870 e. The minimum atomic E-state index is -1.11. The minimum absolute atomic E-state index is 0. The van der Waals surface area contributed by atoms with Crippen molar-refractivity contribution in [2.75, 3.05) is 0 Å². The minimum Gasteiger partial charge on any atom is -0.870 e. The Morgan fingerprint density at radius 3 is 1.00 bits per heavy atom.